The lowest BCUT2D eigenvalue weighted by molar-refractivity contribution is 0.0465. The summed E-state index contributed by atoms with van der Waals surface area (Å²) in [4.78, 5) is 32.6. The number of pyridine rings is 1. The van der Waals surface area contributed by atoms with Gasteiger partial charge in [-0.05, 0) is 50.8 Å². The SMILES string of the molecule is CSc1ccc2cc(COC(=O)c3[nH]c(C)c(C(C)=O)c3C)c(Cl)nc2c1. The van der Waals surface area contributed by atoms with Gasteiger partial charge < -0.3 is 9.72 Å². The molecule has 0 saturated heterocycles. The largest absolute Gasteiger partial charge is 0.456 e. The molecule has 0 aliphatic carbocycles. The van der Waals surface area contributed by atoms with E-state index in [-0.39, 0.29) is 18.1 Å². The smallest absolute Gasteiger partial charge is 0.355 e. The zero-order chi connectivity index (χ0) is 19.7. The third-order valence-electron chi connectivity index (χ3n) is 4.40. The van der Waals surface area contributed by atoms with Crippen molar-refractivity contribution < 1.29 is 14.3 Å². The Morgan fingerprint density at radius 3 is 2.63 bits per heavy atom. The summed E-state index contributed by atoms with van der Waals surface area (Å²) in [5.74, 6) is -0.622. The number of fused-ring (bicyclic) bond motifs is 1. The van der Waals surface area contributed by atoms with Crippen LogP contribution in [0.4, 0.5) is 0 Å². The number of esters is 1. The minimum absolute atomic E-state index is 0.00218. The summed E-state index contributed by atoms with van der Waals surface area (Å²) in [6.07, 6.45) is 2.00. The van der Waals surface area contributed by atoms with Crippen LogP contribution in [0.15, 0.2) is 29.2 Å². The van der Waals surface area contributed by atoms with E-state index in [1.807, 2.05) is 30.5 Å². The van der Waals surface area contributed by atoms with Gasteiger partial charge in [0.25, 0.3) is 0 Å². The van der Waals surface area contributed by atoms with E-state index >= 15 is 0 Å². The lowest BCUT2D eigenvalue weighted by Crippen LogP contribution is -2.08. The van der Waals surface area contributed by atoms with Crippen LogP contribution in [0.2, 0.25) is 5.15 Å². The van der Waals surface area contributed by atoms with Crippen molar-refractivity contribution in [3.05, 3.63) is 57.5 Å². The normalized spacial score (nSPS) is 11.0. The van der Waals surface area contributed by atoms with Crippen molar-refractivity contribution in [1.82, 2.24) is 9.97 Å². The Bertz CT molecular complexity index is 1060. The number of ether oxygens (including phenoxy) is 1. The molecule has 0 spiro atoms. The van der Waals surface area contributed by atoms with Crippen LogP contribution < -0.4 is 0 Å². The number of rotatable bonds is 5. The van der Waals surface area contributed by atoms with Crippen molar-refractivity contribution in [3.8, 4) is 0 Å². The first kappa shape index (κ1) is 19.5. The molecule has 7 heteroatoms. The number of aromatic nitrogens is 2. The van der Waals surface area contributed by atoms with E-state index in [0.29, 0.717) is 27.5 Å². The highest BCUT2D eigenvalue weighted by molar-refractivity contribution is 7.98. The Kier molecular flexibility index (Phi) is 5.58. The summed E-state index contributed by atoms with van der Waals surface area (Å²) >= 11 is 7.90. The van der Waals surface area contributed by atoms with E-state index in [4.69, 9.17) is 16.3 Å². The molecule has 0 bridgehead atoms. The third-order valence-corrected chi connectivity index (χ3v) is 5.46. The second-order valence-corrected chi connectivity index (χ2v) is 7.49. The molecule has 0 radical (unpaired) electrons. The average Bonchev–Trinajstić information content (AvgIpc) is 2.93. The van der Waals surface area contributed by atoms with Crippen LogP contribution in [0.25, 0.3) is 10.9 Å². The van der Waals surface area contributed by atoms with E-state index in [2.05, 4.69) is 9.97 Å². The van der Waals surface area contributed by atoms with Gasteiger partial charge in [0.2, 0.25) is 0 Å². The minimum Gasteiger partial charge on any atom is -0.456 e. The summed E-state index contributed by atoms with van der Waals surface area (Å²) in [5, 5.41) is 1.23. The Morgan fingerprint density at radius 2 is 2.00 bits per heavy atom. The third kappa shape index (κ3) is 3.87. The molecular weight excluding hydrogens is 384 g/mol. The number of H-pyrrole nitrogens is 1. The van der Waals surface area contributed by atoms with Crippen molar-refractivity contribution in [2.75, 3.05) is 6.26 Å². The maximum Gasteiger partial charge on any atom is 0.355 e. The second kappa shape index (κ2) is 7.74. The van der Waals surface area contributed by atoms with E-state index < -0.39 is 5.97 Å². The molecule has 0 fully saturated rings. The molecule has 0 unspecified atom stereocenters. The Labute approximate surface area is 166 Å². The second-order valence-electron chi connectivity index (χ2n) is 6.25. The summed E-state index contributed by atoms with van der Waals surface area (Å²) in [7, 11) is 0. The van der Waals surface area contributed by atoms with Crippen molar-refractivity contribution in [2.45, 2.75) is 32.3 Å². The first-order chi connectivity index (χ1) is 12.8. The van der Waals surface area contributed by atoms with Gasteiger partial charge in [-0.15, -0.1) is 11.8 Å². The molecule has 27 heavy (non-hydrogen) atoms. The number of aromatic amines is 1. The van der Waals surface area contributed by atoms with Crippen molar-refractivity contribution in [1.29, 1.82) is 0 Å². The molecule has 3 aromatic rings. The summed E-state index contributed by atoms with van der Waals surface area (Å²) in [5.41, 5.74) is 3.48. The highest BCUT2D eigenvalue weighted by atomic mass is 35.5. The van der Waals surface area contributed by atoms with E-state index in [0.717, 1.165) is 15.8 Å². The van der Waals surface area contributed by atoms with E-state index in [9.17, 15) is 9.59 Å². The number of nitrogens with one attached hydrogen (secondary N) is 1. The fourth-order valence-corrected chi connectivity index (χ4v) is 3.73. The molecule has 0 amide bonds. The highest BCUT2D eigenvalue weighted by Gasteiger charge is 2.21. The molecule has 2 aromatic heterocycles. The predicted octanol–water partition coefficient (Wildman–Crippen LogP) is 5.11. The number of halogens is 1. The van der Waals surface area contributed by atoms with Gasteiger partial charge in [0, 0.05) is 27.1 Å². The Hall–Kier alpha value is -2.31. The number of aryl methyl sites for hydroxylation is 1. The van der Waals surface area contributed by atoms with Crippen LogP contribution in [0.3, 0.4) is 0 Å². The van der Waals surface area contributed by atoms with Gasteiger partial charge in [0.15, 0.2) is 5.78 Å². The number of carbonyl (C=O) groups excluding carboxylic acids is 2. The quantitative estimate of drug-likeness (QED) is 0.277. The minimum atomic E-state index is -0.531. The van der Waals surface area contributed by atoms with Gasteiger partial charge in [0.1, 0.15) is 17.5 Å². The molecule has 1 N–H and O–H groups in total. The maximum absolute atomic E-state index is 12.5. The zero-order valence-electron chi connectivity index (χ0n) is 15.5. The molecule has 0 aliphatic rings. The lowest BCUT2D eigenvalue weighted by Gasteiger charge is -2.08. The van der Waals surface area contributed by atoms with Gasteiger partial charge in [-0.25, -0.2) is 9.78 Å². The van der Waals surface area contributed by atoms with Gasteiger partial charge in [-0.2, -0.15) is 0 Å². The molecular formula is C20H19ClN2O3S. The monoisotopic (exact) mass is 402 g/mol. The molecule has 140 valence electrons. The zero-order valence-corrected chi connectivity index (χ0v) is 17.0. The number of Topliss-reactive ketones (excluding diaryl/α,β-unsaturated/α-hetero) is 1. The highest BCUT2D eigenvalue weighted by Crippen LogP contribution is 2.26. The number of nitrogens with zero attached hydrogens (tertiary/aromatic N) is 1. The topological polar surface area (TPSA) is 72.1 Å². The van der Waals surface area contributed by atoms with E-state index in [1.54, 1.807) is 25.6 Å². The van der Waals surface area contributed by atoms with Crippen molar-refractivity contribution >= 4 is 46.0 Å². The van der Waals surface area contributed by atoms with Gasteiger partial charge in [0.05, 0.1) is 5.52 Å². The van der Waals surface area contributed by atoms with Crippen LogP contribution in [-0.4, -0.2) is 28.0 Å². The number of thioether (sulfide) groups is 1. The lowest BCUT2D eigenvalue weighted by atomic mass is 10.1. The van der Waals surface area contributed by atoms with Crippen LogP contribution in [0.1, 0.15) is 44.6 Å². The first-order valence-corrected chi connectivity index (χ1v) is 9.92. The Morgan fingerprint density at radius 1 is 1.26 bits per heavy atom. The van der Waals surface area contributed by atoms with Crippen LogP contribution >= 0.6 is 23.4 Å². The summed E-state index contributed by atoms with van der Waals surface area (Å²) in [6.45, 7) is 4.96. The molecule has 2 heterocycles. The molecule has 0 saturated carbocycles. The first-order valence-electron chi connectivity index (χ1n) is 8.32. The standard InChI is InChI=1S/C20H19ClN2O3S/c1-10-17(12(3)24)11(2)22-18(10)20(25)26-9-14-7-13-5-6-15(27-4)8-16(13)23-19(14)21/h5-8,22H,9H2,1-4H3. The fourth-order valence-electron chi connectivity index (χ4n) is 3.09. The van der Waals surface area contributed by atoms with Gasteiger partial charge in [-0.3, -0.25) is 4.79 Å². The molecule has 1 aromatic carbocycles. The van der Waals surface area contributed by atoms with Crippen LogP contribution in [0, 0.1) is 13.8 Å². The number of hydrogen-bond donors (Lipinski definition) is 1. The van der Waals surface area contributed by atoms with Gasteiger partial charge >= 0.3 is 5.97 Å². The molecule has 0 atom stereocenters. The number of carbonyl (C=O) groups is 2. The van der Waals surface area contributed by atoms with Crippen LogP contribution in [-0.2, 0) is 11.3 Å². The fraction of sp³-hybridized carbons (Fsp3) is 0.250. The number of benzene rings is 1. The van der Waals surface area contributed by atoms with E-state index in [1.165, 1.54) is 6.92 Å². The average molecular weight is 403 g/mol. The number of hydrogen-bond acceptors (Lipinski definition) is 5. The number of ketones is 1. The van der Waals surface area contributed by atoms with Crippen molar-refractivity contribution in [2.24, 2.45) is 0 Å². The molecule has 0 aliphatic heterocycles. The summed E-state index contributed by atoms with van der Waals surface area (Å²) < 4.78 is 5.41. The molecule has 5 nitrogen and oxygen atoms in total. The van der Waals surface area contributed by atoms with Crippen molar-refractivity contribution in [3.63, 3.8) is 0 Å². The summed E-state index contributed by atoms with van der Waals surface area (Å²) in [6, 6.07) is 7.81. The Balaban J connectivity index is 1.82. The molecule has 3 rings (SSSR count). The van der Waals surface area contributed by atoms with Crippen LogP contribution in [0.5, 0.6) is 0 Å². The van der Waals surface area contributed by atoms with Gasteiger partial charge in [-0.1, -0.05) is 17.7 Å². The predicted molar refractivity (Wildman–Crippen MR) is 108 cm³/mol. The maximum atomic E-state index is 12.5.